The summed E-state index contributed by atoms with van der Waals surface area (Å²) < 4.78 is 14.7. The van der Waals surface area contributed by atoms with Crippen LogP contribution in [0.1, 0.15) is 21.7 Å². The summed E-state index contributed by atoms with van der Waals surface area (Å²) in [6.07, 6.45) is 0. The molecule has 0 aliphatic carbocycles. The molecule has 0 radical (unpaired) electrons. The Bertz CT molecular complexity index is 604. The van der Waals surface area contributed by atoms with Gasteiger partial charge in [0.25, 0.3) is 5.91 Å². The Balaban J connectivity index is 2.27. The van der Waals surface area contributed by atoms with Crippen molar-refractivity contribution < 1.29 is 9.18 Å². The number of anilines is 1. The fourth-order valence-electron chi connectivity index (χ4n) is 1.86. The average Bonchev–Trinajstić information content (AvgIpc) is 2.53. The minimum atomic E-state index is -0.382. The molecule has 94 valence electrons. The zero-order valence-corrected chi connectivity index (χ0v) is 10.5. The van der Waals surface area contributed by atoms with Crippen molar-refractivity contribution in [3.8, 4) is 0 Å². The van der Waals surface area contributed by atoms with Crippen molar-refractivity contribution in [2.45, 2.75) is 13.8 Å². The Hall–Kier alpha value is -2.17. The second-order valence-corrected chi connectivity index (χ2v) is 4.13. The maximum absolute atomic E-state index is 13.0. The van der Waals surface area contributed by atoms with Crippen LogP contribution >= 0.6 is 0 Å². The van der Waals surface area contributed by atoms with Gasteiger partial charge in [0.2, 0.25) is 0 Å². The Morgan fingerprint density at radius 2 is 2.11 bits per heavy atom. The van der Waals surface area contributed by atoms with Gasteiger partial charge in [-0.1, -0.05) is 6.07 Å². The minimum Gasteiger partial charge on any atom is -0.322 e. The van der Waals surface area contributed by atoms with Gasteiger partial charge in [-0.3, -0.25) is 9.48 Å². The van der Waals surface area contributed by atoms with Crippen LogP contribution in [-0.2, 0) is 7.05 Å². The first kappa shape index (κ1) is 12.3. The molecule has 0 aliphatic heterocycles. The van der Waals surface area contributed by atoms with Crippen LogP contribution in [-0.4, -0.2) is 15.7 Å². The average molecular weight is 247 g/mol. The SMILES string of the molecule is Cc1nn(C)c(C)c1C(=O)Nc1cccc(F)c1. The van der Waals surface area contributed by atoms with Gasteiger partial charge in [-0.15, -0.1) is 0 Å². The number of carbonyl (C=O) groups is 1. The summed E-state index contributed by atoms with van der Waals surface area (Å²) in [5, 5.41) is 6.83. The second-order valence-electron chi connectivity index (χ2n) is 4.13. The zero-order valence-electron chi connectivity index (χ0n) is 10.5. The predicted molar refractivity (Wildman–Crippen MR) is 67.0 cm³/mol. The molecule has 5 heteroatoms. The number of amides is 1. The summed E-state index contributed by atoms with van der Waals surface area (Å²) in [6.45, 7) is 3.59. The van der Waals surface area contributed by atoms with Crippen molar-refractivity contribution in [1.29, 1.82) is 0 Å². The number of rotatable bonds is 2. The third-order valence-corrected chi connectivity index (χ3v) is 2.82. The first-order chi connectivity index (χ1) is 8.49. The second kappa shape index (κ2) is 4.60. The molecule has 1 aromatic carbocycles. The van der Waals surface area contributed by atoms with Crippen molar-refractivity contribution in [1.82, 2.24) is 9.78 Å². The summed E-state index contributed by atoms with van der Waals surface area (Å²) in [6, 6.07) is 5.80. The molecule has 4 nitrogen and oxygen atoms in total. The summed E-state index contributed by atoms with van der Waals surface area (Å²) in [4.78, 5) is 12.1. The van der Waals surface area contributed by atoms with E-state index >= 15 is 0 Å². The topological polar surface area (TPSA) is 46.9 Å². The van der Waals surface area contributed by atoms with Crippen LogP contribution in [0, 0.1) is 19.7 Å². The highest BCUT2D eigenvalue weighted by Crippen LogP contribution is 2.15. The molecule has 0 saturated heterocycles. The Labute approximate surface area is 104 Å². The van der Waals surface area contributed by atoms with E-state index in [1.807, 2.05) is 6.92 Å². The van der Waals surface area contributed by atoms with Gasteiger partial charge in [0, 0.05) is 18.4 Å². The van der Waals surface area contributed by atoms with Gasteiger partial charge < -0.3 is 5.32 Å². The number of nitrogens with one attached hydrogen (secondary N) is 1. The van der Waals surface area contributed by atoms with Crippen LogP contribution in [0.5, 0.6) is 0 Å². The number of aryl methyl sites for hydroxylation is 2. The van der Waals surface area contributed by atoms with E-state index in [0.29, 0.717) is 16.9 Å². The number of nitrogens with zero attached hydrogens (tertiary/aromatic N) is 2. The smallest absolute Gasteiger partial charge is 0.259 e. The van der Waals surface area contributed by atoms with E-state index in [1.54, 1.807) is 30.8 Å². The van der Waals surface area contributed by atoms with Crippen molar-refractivity contribution in [2.75, 3.05) is 5.32 Å². The highest BCUT2D eigenvalue weighted by atomic mass is 19.1. The van der Waals surface area contributed by atoms with Gasteiger partial charge in [0.15, 0.2) is 0 Å². The molecule has 1 heterocycles. The molecule has 1 amide bonds. The van der Waals surface area contributed by atoms with Gasteiger partial charge in [-0.2, -0.15) is 5.10 Å². The lowest BCUT2D eigenvalue weighted by Gasteiger charge is -2.05. The number of carbonyl (C=O) groups excluding carboxylic acids is 1. The molecular formula is C13H14FN3O. The van der Waals surface area contributed by atoms with E-state index in [2.05, 4.69) is 10.4 Å². The molecule has 1 aromatic heterocycles. The van der Waals surface area contributed by atoms with Crippen molar-refractivity contribution in [3.05, 3.63) is 47.0 Å². The Kier molecular flexibility index (Phi) is 3.14. The molecule has 0 saturated carbocycles. The molecule has 2 rings (SSSR count). The minimum absolute atomic E-state index is 0.274. The first-order valence-corrected chi connectivity index (χ1v) is 5.56. The van der Waals surface area contributed by atoms with Crippen molar-refractivity contribution in [3.63, 3.8) is 0 Å². The third-order valence-electron chi connectivity index (χ3n) is 2.82. The van der Waals surface area contributed by atoms with Gasteiger partial charge >= 0.3 is 0 Å². The number of benzene rings is 1. The van der Waals surface area contributed by atoms with E-state index < -0.39 is 0 Å². The van der Waals surface area contributed by atoms with E-state index in [-0.39, 0.29) is 11.7 Å². The largest absolute Gasteiger partial charge is 0.322 e. The van der Waals surface area contributed by atoms with Gasteiger partial charge in [-0.25, -0.2) is 4.39 Å². The van der Waals surface area contributed by atoms with E-state index in [1.165, 1.54) is 12.1 Å². The number of halogens is 1. The number of hydrogen-bond donors (Lipinski definition) is 1. The van der Waals surface area contributed by atoms with Crippen LogP contribution < -0.4 is 5.32 Å². The molecule has 0 aliphatic rings. The molecule has 0 bridgehead atoms. The van der Waals surface area contributed by atoms with E-state index in [0.717, 1.165) is 5.69 Å². The van der Waals surface area contributed by atoms with E-state index in [4.69, 9.17) is 0 Å². The van der Waals surface area contributed by atoms with E-state index in [9.17, 15) is 9.18 Å². The normalized spacial score (nSPS) is 10.4. The molecule has 1 N–H and O–H groups in total. The van der Waals surface area contributed by atoms with Crippen LogP contribution in [0.25, 0.3) is 0 Å². The lowest BCUT2D eigenvalue weighted by Crippen LogP contribution is -2.14. The van der Waals surface area contributed by atoms with Crippen LogP contribution in [0.2, 0.25) is 0 Å². The fourth-order valence-corrected chi connectivity index (χ4v) is 1.86. The van der Waals surface area contributed by atoms with Crippen LogP contribution in [0.15, 0.2) is 24.3 Å². The van der Waals surface area contributed by atoms with Gasteiger partial charge in [0.05, 0.1) is 11.3 Å². The molecular weight excluding hydrogens is 233 g/mol. The summed E-state index contributed by atoms with van der Waals surface area (Å²) in [5.41, 5.74) is 2.40. The van der Waals surface area contributed by atoms with Crippen molar-refractivity contribution >= 4 is 11.6 Å². The highest BCUT2D eigenvalue weighted by molar-refractivity contribution is 6.05. The zero-order chi connectivity index (χ0) is 13.3. The lowest BCUT2D eigenvalue weighted by molar-refractivity contribution is 0.102. The lowest BCUT2D eigenvalue weighted by atomic mass is 10.2. The van der Waals surface area contributed by atoms with Crippen LogP contribution in [0.3, 0.4) is 0 Å². The van der Waals surface area contributed by atoms with Gasteiger partial charge in [-0.05, 0) is 32.0 Å². The maximum atomic E-state index is 13.0. The monoisotopic (exact) mass is 247 g/mol. The molecule has 0 spiro atoms. The fraction of sp³-hybridized carbons (Fsp3) is 0.231. The standard InChI is InChI=1S/C13H14FN3O/c1-8-12(9(2)17(3)16-8)13(18)15-11-6-4-5-10(14)7-11/h4-7H,1-3H3,(H,15,18). The first-order valence-electron chi connectivity index (χ1n) is 5.56. The maximum Gasteiger partial charge on any atom is 0.259 e. The molecule has 0 atom stereocenters. The quantitative estimate of drug-likeness (QED) is 0.886. The van der Waals surface area contributed by atoms with Crippen LogP contribution in [0.4, 0.5) is 10.1 Å². The van der Waals surface area contributed by atoms with Crippen molar-refractivity contribution in [2.24, 2.45) is 7.05 Å². The third kappa shape index (κ3) is 2.25. The molecule has 0 fully saturated rings. The summed E-state index contributed by atoms with van der Waals surface area (Å²) in [7, 11) is 1.78. The Morgan fingerprint density at radius 3 is 2.67 bits per heavy atom. The summed E-state index contributed by atoms with van der Waals surface area (Å²) in [5.74, 6) is -0.656. The molecule has 2 aromatic rings. The summed E-state index contributed by atoms with van der Waals surface area (Å²) >= 11 is 0. The highest BCUT2D eigenvalue weighted by Gasteiger charge is 2.17. The van der Waals surface area contributed by atoms with Gasteiger partial charge in [0.1, 0.15) is 5.82 Å². The molecule has 0 unspecified atom stereocenters. The molecule has 18 heavy (non-hydrogen) atoms. The number of hydrogen-bond acceptors (Lipinski definition) is 2. The Morgan fingerprint density at radius 1 is 1.39 bits per heavy atom. The number of aromatic nitrogens is 2. The predicted octanol–water partition coefficient (Wildman–Crippen LogP) is 2.43.